The Bertz CT molecular complexity index is 326. The molecule has 0 radical (unpaired) electrons. The Balaban J connectivity index is 2.59. The quantitative estimate of drug-likeness (QED) is 0.705. The molecule has 4 heteroatoms. The summed E-state index contributed by atoms with van der Waals surface area (Å²) < 4.78 is 0. The number of aliphatic hydroxyl groups excluding tert-OH is 1. The van der Waals surface area contributed by atoms with Crippen LogP contribution < -0.4 is 10.6 Å². The second kappa shape index (κ2) is 6.03. The smallest absolute Gasteiger partial charge is 0.319 e. The van der Waals surface area contributed by atoms with E-state index in [2.05, 4.69) is 10.6 Å². The number of para-hydroxylation sites is 1. The van der Waals surface area contributed by atoms with Crippen LogP contribution in [-0.2, 0) is 6.61 Å². The number of rotatable bonds is 4. The Morgan fingerprint density at radius 1 is 1.40 bits per heavy atom. The number of carbonyl (C=O) groups is 1. The zero-order valence-electron chi connectivity index (χ0n) is 8.79. The third-order valence-corrected chi connectivity index (χ3v) is 1.97. The summed E-state index contributed by atoms with van der Waals surface area (Å²) in [6.07, 6.45) is 0.898. The molecular formula is C11H16N2O2. The van der Waals surface area contributed by atoms with Gasteiger partial charge >= 0.3 is 6.03 Å². The predicted molar refractivity (Wildman–Crippen MR) is 59.7 cm³/mol. The van der Waals surface area contributed by atoms with Crippen molar-refractivity contribution in [1.29, 1.82) is 0 Å². The maximum atomic E-state index is 11.3. The molecule has 0 saturated heterocycles. The number of urea groups is 1. The number of carbonyl (C=O) groups excluding carboxylic acids is 1. The van der Waals surface area contributed by atoms with E-state index in [1.807, 2.05) is 19.1 Å². The number of amides is 2. The molecule has 0 spiro atoms. The van der Waals surface area contributed by atoms with Gasteiger partial charge in [0.1, 0.15) is 0 Å². The molecule has 82 valence electrons. The molecular weight excluding hydrogens is 192 g/mol. The molecule has 0 aromatic heterocycles. The van der Waals surface area contributed by atoms with Gasteiger partial charge in [-0.2, -0.15) is 0 Å². The molecule has 0 bridgehead atoms. The van der Waals surface area contributed by atoms with E-state index in [1.54, 1.807) is 12.1 Å². The van der Waals surface area contributed by atoms with Crippen LogP contribution >= 0.6 is 0 Å². The van der Waals surface area contributed by atoms with Gasteiger partial charge < -0.3 is 15.7 Å². The maximum absolute atomic E-state index is 11.3. The first kappa shape index (κ1) is 11.5. The molecule has 0 saturated carbocycles. The third kappa shape index (κ3) is 3.59. The SMILES string of the molecule is CCCNC(=O)Nc1ccccc1CO. The van der Waals surface area contributed by atoms with Crippen LogP contribution in [0.3, 0.4) is 0 Å². The molecule has 15 heavy (non-hydrogen) atoms. The van der Waals surface area contributed by atoms with E-state index >= 15 is 0 Å². The predicted octanol–water partition coefficient (Wildman–Crippen LogP) is 1.71. The van der Waals surface area contributed by atoms with Gasteiger partial charge in [0.2, 0.25) is 0 Å². The monoisotopic (exact) mass is 208 g/mol. The Hall–Kier alpha value is -1.55. The second-order valence-corrected chi connectivity index (χ2v) is 3.20. The first-order valence-corrected chi connectivity index (χ1v) is 5.01. The van der Waals surface area contributed by atoms with Gasteiger partial charge in [-0.1, -0.05) is 25.1 Å². The molecule has 1 aromatic carbocycles. The number of anilines is 1. The van der Waals surface area contributed by atoms with Gasteiger partial charge in [0, 0.05) is 17.8 Å². The highest BCUT2D eigenvalue weighted by atomic mass is 16.3. The van der Waals surface area contributed by atoms with Crippen molar-refractivity contribution in [2.45, 2.75) is 20.0 Å². The summed E-state index contributed by atoms with van der Waals surface area (Å²) in [5.74, 6) is 0. The minimum Gasteiger partial charge on any atom is -0.392 e. The van der Waals surface area contributed by atoms with E-state index < -0.39 is 0 Å². The fourth-order valence-corrected chi connectivity index (χ4v) is 1.19. The molecule has 4 nitrogen and oxygen atoms in total. The largest absolute Gasteiger partial charge is 0.392 e. The molecule has 0 unspecified atom stereocenters. The summed E-state index contributed by atoms with van der Waals surface area (Å²) in [5.41, 5.74) is 1.36. The highest BCUT2D eigenvalue weighted by Crippen LogP contribution is 2.14. The molecule has 1 rings (SSSR count). The summed E-state index contributed by atoms with van der Waals surface area (Å²) in [5, 5.41) is 14.4. The van der Waals surface area contributed by atoms with E-state index in [-0.39, 0.29) is 12.6 Å². The molecule has 0 heterocycles. The summed E-state index contributed by atoms with van der Waals surface area (Å²) >= 11 is 0. The first-order chi connectivity index (χ1) is 7.27. The lowest BCUT2D eigenvalue weighted by molar-refractivity contribution is 0.252. The summed E-state index contributed by atoms with van der Waals surface area (Å²) in [6, 6.07) is 6.93. The molecule has 0 fully saturated rings. The average Bonchev–Trinajstić information content (AvgIpc) is 2.27. The van der Waals surface area contributed by atoms with Crippen molar-refractivity contribution in [3.8, 4) is 0 Å². The second-order valence-electron chi connectivity index (χ2n) is 3.20. The van der Waals surface area contributed by atoms with Crippen molar-refractivity contribution in [1.82, 2.24) is 5.32 Å². The molecule has 0 aliphatic heterocycles. The zero-order chi connectivity index (χ0) is 11.1. The molecule has 3 N–H and O–H groups in total. The van der Waals surface area contributed by atoms with Crippen molar-refractivity contribution in [3.05, 3.63) is 29.8 Å². The average molecular weight is 208 g/mol. The topological polar surface area (TPSA) is 61.4 Å². The van der Waals surface area contributed by atoms with E-state index in [9.17, 15) is 4.79 Å². The Morgan fingerprint density at radius 3 is 2.80 bits per heavy atom. The fraction of sp³-hybridized carbons (Fsp3) is 0.364. The number of hydrogen-bond acceptors (Lipinski definition) is 2. The van der Waals surface area contributed by atoms with Crippen molar-refractivity contribution >= 4 is 11.7 Å². The minimum absolute atomic E-state index is 0.0791. The van der Waals surface area contributed by atoms with E-state index in [0.29, 0.717) is 17.8 Å². The number of hydrogen-bond donors (Lipinski definition) is 3. The Labute approximate surface area is 89.3 Å². The first-order valence-electron chi connectivity index (χ1n) is 5.01. The number of aliphatic hydroxyl groups is 1. The fourth-order valence-electron chi connectivity index (χ4n) is 1.19. The summed E-state index contributed by atoms with van der Waals surface area (Å²) in [7, 11) is 0. The van der Waals surface area contributed by atoms with Crippen LogP contribution in [0, 0.1) is 0 Å². The number of benzene rings is 1. The summed E-state index contributed by atoms with van der Waals surface area (Å²) in [4.78, 5) is 11.3. The van der Waals surface area contributed by atoms with Gasteiger partial charge in [0.05, 0.1) is 6.61 Å². The van der Waals surface area contributed by atoms with E-state index in [0.717, 1.165) is 6.42 Å². The normalized spacial score (nSPS) is 9.73. The lowest BCUT2D eigenvalue weighted by Crippen LogP contribution is -2.29. The molecule has 1 aromatic rings. The maximum Gasteiger partial charge on any atom is 0.319 e. The Kier molecular flexibility index (Phi) is 4.63. The lowest BCUT2D eigenvalue weighted by Gasteiger charge is -2.09. The standard InChI is InChI=1S/C11H16N2O2/c1-2-7-12-11(15)13-10-6-4-3-5-9(10)8-14/h3-6,14H,2,7-8H2,1H3,(H2,12,13,15). The Morgan fingerprint density at radius 2 is 2.13 bits per heavy atom. The van der Waals surface area contributed by atoms with Crippen LogP contribution in [0.4, 0.5) is 10.5 Å². The van der Waals surface area contributed by atoms with Crippen molar-refractivity contribution < 1.29 is 9.90 Å². The van der Waals surface area contributed by atoms with Crippen molar-refractivity contribution in [2.75, 3.05) is 11.9 Å². The van der Waals surface area contributed by atoms with Gasteiger partial charge in [-0.25, -0.2) is 4.79 Å². The number of nitrogens with one attached hydrogen (secondary N) is 2. The molecule has 0 aliphatic carbocycles. The third-order valence-electron chi connectivity index (χ3n) is 1.97. The lowest BCUT2D eigenvalue weighted by atomic mass is 10.2. The minimum atomic E-state index is -0.238. The highest BCUT2D eigenvalue weighted by Gasteiger charge is 2.03. The van der Waals surface area contributed by atoms with Crippen LogP contribution in [0.15, 0.2) is 24.3 Å². The van der Waals surface area contributed by atoms with Crippen LogP contribution in [0.25, 0.3) is 0 Å². The highest BCUT2D eigenvalue weighted by molar-refractivity contribution is 5.89. The van der Waals surface area contributed by atoms with E-state index in [1.165, 1.54) is 0 Å². The van der Waals surface area contributed by atoms with Gasteiger partial charge in [0.25, 0.3) is 0 Å². The van der Waals surface area contributed by atoms with Gasteiger partial charge in [0.15, 0.2) is 0 Å². The molecule has 0 aliphatic rings. The van der Waals surface area contributed by atoms with Crippen LogP contribution in [-0.4, -0.2) is 17.7 Å². The molecule has 2 amide bonds. The zero-order valence-corrected chi connectivity index (χ0v) is 8.79. The van der Waals surface area contributed by atoms with Gasteiger partial charge in [-0.05, 0) is 12.5 Å². The molecule has 0 atom stereocenters. The van der Waals surface area contributed by atoms with Crippen LogP contribution in [0.1, 0.15) is 18.9 Å². The van der Waals surface area contributed by atoms with Gasteiger partial charge in [-0.15, -0.1) is 0 Å². The van der Waals surface area contributed by atoms with Crippen LogP contribution in [0.5, 0.6) is 0 Å². The van der Waals surface area contributed by atoms with Crippen molar-refractivity contribution in [3.63, 3.8) is 0 Å². The summed E-state index contributed by atoms with van der Waals surface area (Å²) in [6.45, 7) is 2.55. The van der Waals surface area contributed by atoms with Crippen molar-refractivity contribution in [2.24, 2.45) is 0 Å². The van der Waals surface area contributed by atoms with Gasteiger partial charge in [-0.3, -0.25) is 0 Å². The van der Waals surface area contributed by atoms with Crippen LogP contribution in [0.2, 0.25) is 0 Å². The van der Waals surface area contributed by atoms with E-state index in [4.69, 9.17) is 5.11 Å².